The topological polar surface area (TPSA) is 274 Å². The minimum Gasteiger partial charge on any atom is -0.480 e. The van der Waals surface area contributed by atoms with Crippen molar-refractivity contribution >= 4 is 46.4 Å². The summed E-state index contributed by atoms with van der Waals surface area (Å²) in [7, 11) is 0. The van der Waals surface area contributed by atoms with E-state index in [0.29, 0.717) is 30.6 Å². The number of carboxylic acid groups (broad SMARTS) is 1. The van der Waals surface area contributed by atoms with Crippen LogP contribution < -0.4 is 32.3 Å². The number of aliphatic hydroxyl groups is 1. The molecular weight excluding hydrogens is 662 g/mol. The lowest BCUT2D eigenvalue weighted by molar-refractivity contribution is -0.143. The maximum absolute atomic E-state index is 14.0. The highest BCUT2D eigenvalue weighted by atomic mass is 16.4. The van der Waals surface area contributed by atoms with Crippen LogP contribution in [0.15, 0.2) is 43.0 Å². The predicted molar refractivity (Wildman–Crippen MR) is 187 cm³/mol. The molecule has 0 saturated carbocycles. The smallest absolute Gasteiger partial charge is 0.326 e. The number of aromatic nitrogens is 3. The number of amides is 5. The molecule has 5 amide bonds. The van der Waals surface area contributed by atoms with E-state index < -0.39 is 77.7 Å². The van der Waals surface area contributed by atoms with Crippen LogP contribution in [0.5, 0.6) is 0 Å². The van der Waals surface area contributed by atoms with Crippen LogP contribution in [-0.4, -0.2) is 104 Å². The first-order valence-corrected chi connectivity index (χ1v) is 16.8. The van der Waals surface area contributed by atoms with Crippen molar-refractivity contribution in [2.24, 2.45) is 11.7 Å². The number of H-pyrrole nitrogens is 2. The number of carboxylic acids is 1. The third kappa shape index (κ3) is 11.9. The van der Waals surface area contributed by atoms with Crippen LogP contribution in [0.2, 0.25) is 0 Å². The van der Waals surface area contributed by atoms with E-state index in [2.05, 4.69) is 41.5 Å². The van der Waals surface area contributed by atoms with Crippen LogP contribution in [0.4, 0.5) is 0 Å². The van der Waals surface area contributed by atoms with Gasteiger partial charge in [-0.1, -0.05) is 32.0 Å². The van der Waals surface area contributed by atoms with Crippen molar-refractivity contribution in [1.29, 1.82) is 0 Å². The van der Waals surface area contributed by atoms with Gasteiger partial charge < -0.3 is 52.5 Å². The second-order valence-corrected chi connectivity index (χ2v) is 12.8. The number of para-hydroxylation sites is 1. The Morgan fingerprint density at radius 1 is 0.804 bits per heavy atom. The van der Waals surface area contributed by atoms with E-state index in [0.717, 1.165) is 10.9 Å². The Morgan fingerprint density at radius 2 is 1.45 bits per heavy atom. The number of rotatable bonds is 20. The van der Waals surface area contributed by atoms with Gasteiger partial charge in [0.25, 0.3) is 0 Å². The molecule has 2 heterocycles. The summed E-state index contributed by atoms with van der Waals surface area (Å²) in [6, 6.07) is 1.04. The molecule has 0 unspecified atom stereocenters. The average Bonchev–Trinajstić information content (AvgIpc) is 3.74. The molecule has 6 atom stereocenters. The van der Waals surface area contributed by atoms with Gasteiger partial charge in [-0.15, -0.1) is 0 Å². The fourth-order valence-electron chi connectivity index (χ4n) is 5.52. The van der Waals surface area contributed by atoms with Crippen molar-refractivity contribution in [1.82, 2.24) is 41.5 Å². The minimum atomic E-state index is -1.58. The van der Waals surface area contributed by atoms with Crippen molar-refractivity contribution in [3.63, 3.8) is 0 Å². The fraction of sp³-hybridized carbons (Fsp3) is 0.500. The first-order valence-electron chi connectivity index (χ1n) is 16.8. The van der Waals surface area contributed by atoms with Gasteiger partial charge in [0.05, 0.1) is 12.4 Å². The van der Waals surface area contributed by atoms with Crippen molar-refractivity contribution in [3.05, 3.63) is 54.2 Å². The lowest BCUT2D eigenvalue weighted by Gasteiger charge is -2.29. The van der Waals surface area contributed by atoms with Gasteiger partial charge in [-0.25, -0.2) is 9.78 Å². The molecule has 2 aromatic heterocycles. The van der Waals surface area contributed by atoms with Crippen LogP contribution in [0, 0.1) is 5.92 Å². The molecule has 0 spiro atoms. The molecule has 0 aliphatic rings. The first kappa shape index (κ1) is 40.1. The number of aliphatic hydroxyl groups excluding tert-OH is 1. The van der Waals surface area contributed by atoms with Crippen LogP contribution in [-0.2, 0) is 41.6 Å². The van der Waals surface area contributed by atoms with E-state index in [1.165, 1.54) is 26.4 Å². The molecule has 278 valence electrons. The maximum Gasteiger partial charge on any atom is 0.326 e. The summed E-state index contributed by atoms with van der Waals surface area (Å²) in [5.74, 6) is -5.39. The third-order valence-corrected chi connectivity index (χ3v) is 8.28. The molecule has 3 rings (SSSR count). The van der Waals surface area contributed by atoms with Gasteiger partial charge in [-0.2, -0.15) is 0 Å². The number of nitrogens with two attached hydrogens (primary N) is 1. The highest BCUT2D eigenvalue weighted by Crippen LogP contribution is 2.20. The Bertz CT molecular complexity index is 1640. The van der Waals surface area contributed by atoms with Gasteiger partial charge in [0.1, 0.15) is 30.2 Å². The molecule has 17 heteroatoms. The monoisotopic (exact) mass is 711 g/mol. The summed E-state index contributed by atoms with van der Waals surface area (Å²) in [5, 5.41) is 33.8. The lowest BCUT2D eigenvalue weighted by Crippen LogP contribution is -2.62. The Kier molecular flexibility index (Phi) is 15.1. The van der Waals surface area contributed by atoms with Crippen molar-refractivity contribution in [3.8, 4) is 0 Å². The highest BCUT2D eigenvalue weighted by Gasteiger charge is 2.35. The van der Waals surface area contributed by atoms with Crippen LogP contribution in [0.3, 0.4) is 0 Å². The van der Waals surface area contributed by atoms with E-state index in [-0.39, 0.29) is 19.3 Å². The number of aliphatic carboxylic acids is 1. The normalized spacial score (nSPS) is 14.8. The predicted octanol–water partition coefficient (Wildman–Crippen LogP) is -0.629. The van der Waals surface area contributed by atoms with Crippen molar-refractivity contribution in [2.45, 2.75) is 96.1 Å². The summed E-state index contributed by atoms with van der Waals surface area (Å²) in [5.41, 5.74) is 7.58. The second-order valence-electron chi connectivity index (χ2n) is 12.8. The molecule has 0 aliphatic carbocycles. The Labute approximate surface area is 295 Å². The molecule has 0 aliphatic heterocycles. The van der Waals surface area contributed by atoms with Crippen molar-refractivity contribution < 1.29 is 39.0 Å². The number of unbranched alkanes of at least 4 members (excludes halogenated alkanes) is 1. The van der Waals surface area contributed by atoms with E-state index in [9.17, 15) is 39.0 Å². The quantitative estimate of drug-likeness (QED) is 0.0663. The fourth-order valence-corrected chi connectivity index (χ4v) is 5.52. The van der Waals surface area contributed by atoms with Gasteiger partial charge >= 0.3 is 5.97 Å². The summed E-state index contributed by atoms with van der Waals surface area (Å²) in [4.78, 5) is 87.8. The number of hydrogen-bond donors (Lipinski definition) is 10. The molecule has 17 nitrogen and oxygen atoms in total. The van der Waals surface area contributed by atoms with Gasteiger partial charge in [0, 0.05) is 48.8 Å². The first-order chi connectivity index (χ1) is 24.2. The third-order valence-electron chi connectivity index (χ3n) is 8.28. The van der Waals surface area contributed by atoms with Gasteiger partial charge in [-0.05, 0) is 50.3 Å². The van der Waals surface area contributed by atoms with E-state index in [4.69, 9.17) is 5.73 Å². The largest absolute Gasteiger partial charge is 0.480 e. The summed E-state index contributed by atoms with van der Waals surface area (Å²) >= 11 is 0. The Balaban J connectivity index is 1.83. The average molecular weight is 712 g/mol. The molecule has 0 fully saturated rings. The Hall–Kier alpha value is -5.29. The summed E-state index contributed by atoms with van der Waals surface area (Å²) in [6.45, 7) is 6.26. The van der Waals surface area contributed by atoms with Crippen LogP contribution >= 0.6 is 0 Å². The molecule has 0 radical (unpaired) electrons. The van der Waals surface area contributed by atoms with Gasteiger partial charge in [-0.3, -0.25) is 24.0 Å². The number of carbonyl (C=O) groups excluding carboxylic acids is 5. The number of carbonyl (C=O) groups is 6. The molecule has 0 bridgehead atoms. The zero-order valence-electron chi connectivity index (χ0n) is 29.2. The number of hydrogen-bond acceptors (Lipinski definition) is 9. The molecule has 11 N–H and O–H groups in total. The number of imidazole rings is 1. The number of fused-ring (bicyclic) bond motifs is 1. The SMILES string of the molecule is CC(=O)N[C@@H](CCCCN)C(=O)N[C@@H](Cc1c[nH]c2ccccc12)C(=O)N[C@H](C(=O)N[C@H](C(=O)N[C@@H](Cc1cnc[nH]1)C(=O)O)[C@@H](C)O)C(C)C. The number of benzene rings is 1. The van der Waals surface area contributed by atoms with Gasteiger partial charge in [0.15, 0.2) is 0 Å². The molecule has 3 aromatic rings. The number of aromatic amines is 2. The lowest BCUT2D eigenvalue weighted by atomic mass is 9.99. The molecule has 0 saturated heterocycles. The zero-order valence-corrected chi connectivity index (χ0v) is 29.2. The second kappa shape index (κ2) is 19.2. The Morgan fingerprint density at radius 3 is 2.06 bits per heavy atom. The van der Waals surface area contributed by atoms with Crippen molar-refractivity contribution in [2.75, 3.05) is 6.54 Å². The number of nitrogens with zero attached hydrogens (tertiary/aromatic N) is 1. The molecule has 1 aromatic carbocycles. The highest BCUT2D eigenvalue weighted by molar-refractivity contribution is 5.96. The maximum atomic E-state index is 14.0. The summed E-state index contributed by atoms with van der Waals surface area (Å²) < 4.78 is 0. The summed E-state index contributed by atoms with van der Waals surface area (Å²) in [6.07, 6.45) is 4.39. The van der Waals surface area contributed by atoms with E-state index >= 15 is 0 Å². The van der Waals surface area contributed by atoms with E-state index in [1.54, 1.807) is 20.0 Å². The standard InChI is InChI=1S/C34H49N9O8/c1-18(2)28(32(48)43-29(19(3)44)33(49)41-27(34(50)51)14-22-16-36-17-38-22)42-31(47)26(13-21-15-37-24-10-6-5-9-23(21)24)40-30(46)25(39-20(4)45)11-7-8-12-35/h5-6,9-10,15-19,25-29,37,44H,7-8,11-14,35H2,1-4H3,(H,36,38)(H,39,45)(H,40,46)(H,41,49)(H,42,47)(H,43,48)(H,50,51)/t19-,25+,26+,27+,28+,29+/m1/s1. The number of nitrogens with one attached hydrogen (secondary N) is 7. The minimum absolute atomic E-state index is 0.0230. The van der Waals surface area contributed by atoms with Crippen LogP contribution in [0.25, 0.3) is 10.9 Å². The van der Waals surface area contributed by atoms with E-state index in [1.807, 2.05) is 24.3 Å². The molecular formula is C34H49N9O8. The van der Waals surface area contributed by atoms with Gasteiger partial charge in [0.2, 0.25) is 29.5 Å². The van der Waals surface area contributed by atoms with Crippen LogP contribution in [0.1, 0.15) is 58.2 Å². The zero-order chi connectivity index (χ0) is 37.7. The molecule has 51 heavy (non-hydrogen) atoms.